The molecule has 1 rings (SSSR count). The topological polar surface area (TPSA) is 39.1 Å². The lowest BCUT2D eigenvalue weighted by atomic mass is 10.1. The first-order valence-corrected chi connectivity index (χ1v) is 5.88. The highest BCUT2D eigenvalue weighted by molar-refractivity contribution is 5.29. The predicted molar refractivity (Wildman–Crippen MR) is 66.9 cm³/mol. The van der Waals surface area contributed by atoms with E-state index in [4.69, 9.17) is 4.74 Å². The highest BCUT2D eigenvalue weighted by Crippen LogP contribution is 2.23. The molecule has 0 fully saturated rings. The van der Waals surface area contributed by atoms with Gasteiger partial charge in [-0.1, -0.05) is 13.8 Å². The third kappa shape index (κ3) is 2.98. The van der Waals surface area contributed by atoms with Gasteiger partial charge in [-0.2, -0.15) is 0 Å². The first-order chi connectivity index (χ1) is 7.60. The highest BCUT2D eigenvalue weighted by atomic mass is 16.5. The molecule has 1 N–H and O–H groups in total. The molecule has 92 valence electrons. The molecule has 16 heavy (non-hydrogen) atoms. The second-order valence-electron chi connectivity index (χ2n) is 4.41. The molecule has 1 unspecified atom stereocenters. The van der Waals surface area contributed by atoms with Crippen molar-refractivity contribution in [2.24, 2.45) is 5.92 Å². The predicted octanol–water partition coefficient (Wildman–Crippen LogP) is 2.47. The van der Waals surface area contributed by atoms with E-state index >= 15 is 0 Å². The van der Waals surface area contributed by atoms with Crippen LogP contribution in [0.25, 0.3) is 0 Å². The van der Waals surface area contributed by atoms with E-state index in [0.717, 1.165) is 18.2 Å². The number of rotatable bonds is 6. The summed E-state index contributed by atoms with van der Waals surface area (Å²) in [6.45, 7) is 10.1. The summed E-state index contributed by atoms with van der Waals surface area (Å²) in [4.78, 5) is 4.48. The van der Waals surface area contributed by atoms with Crippen LogP contribution in [0.3, 0.4) is 0 Å². The highest BCUT2D eigenvalue weighted by Gasteiger charge is 2.18. The Morgan fingerprint density at radius 2 is 2.19 bits per heavy atom. The van der Waals surface area contributed by atoms with Gasteiger partial charge in [-0.3, -0.25) is 0 Å². The Labute approximate surface area is 98.0 Å². The molecule has 0 amide bonds. The molecule has 0 bridgehead atoms. The van der Waals surface area contributed by atoms with E-state index in [1.165, 1.54) is 0 Å². The summed E-state index contributed by atoms with van der Waals surface area (Å²) in [5.74, 6) is 1.46. The van der Waals surface area contributed by atoms with Crippen molar-refractivity contribution in [3.05, 3.63) is 11.9 Å². The van der Waals surface area contributed by atoms with Crippen molar-refractivity contribution < 1.29 is 4.74 Å². The first kappa shape index (κ1) is 13.0. The van der Waals surface area contributed by atoms with Crippen molar-refractivity contribution in [2.75, 3.05) is 25.6 Å². The van der Waals surface area contributed by atoms with Crippen LogP contribution >= 0.6 is 0 Å². The average molecular weight is 225 g/mol. The summed E-state index contributed by atoms with van der Waals surface area (Å²) in [6, 6.07) is 0.334. The lowest BCUT2D eigenvalue weighted by molar-refractivity contribution is 0.134. The maximum atomic E-state index is 5.29. The van der Waals surface area contributed by atoms with Gasteiger partial charge in [-0.05, 0) is 19.8 Å². The van der Waals surface area contributed by atoms with Crippen molar-refractivity contribution in [3.8, 4) is 0 Å². The quantitative estimate of drug-likeness (QED) is 0.808. The van der Waals surface area contributed by atoms with E-state index < -0.39 is 0 Å². The molecule has 0 spiro atoms. The van der Waals surface area contributed by atoms with Gasteiger partial charge < -0.3 is 14.6 Å². The number of imidazole rings is 1. The minimum Gasteiger partial charge on any atom is -0.383 e. The molecule has 4 nitrogen and oxygen atoms in total. The van der Waals surface area contributed by atoms with Crippen LogP contribution in [-0.2, 0) is 4.74 Å². The van der Waals surface area contributed by atoms with Gasteiger partial charge in [0.15, 0.2) is 0 Å². The monoisotopic (exact) mass is 225 g/mol. The molecular weight excluding hydrogens is 202 g/mol. The van der Waals surface area contributed by atoms with Gasteiger partial charge in [-0.25, -0.2) is 4.98 Å². The summed E-state index contributed by atoms with van der Waals surface area (Å²) in [6.07, 6.45) is 2.08. The van der Waals surface area contributed by atoms with Crippen molar-refractivity contribution in [1.82, 2.24) is 9.55 Å². The smallest absolute Gasteiger partial charge is 0.203 e. The lowest BCUT2D eigenvalue weighted by Crippen LogP contribution is -2.21. The minimum absolute atomic E-state index is 0.334. The van der Waals surface area contributed by atoms with Gasteiger partial charge in [0, 0.05) is 19.9 Å². The Morgan fingerprint density at radius 3 is 2.69 bits per heavy atom. The van der Waals surface area contributed by atoms with Crippen LogP contribution in [0, 0.1) is 12.8 Å². The van der Waals surface area contributed by atoms with Crippen LogP contribution in [0.5, 0.6) is 0 Å². The van der Waals surface area contributed by atoms with Crippen LogP contribution in [-0.4, -0.2) is 29.8 Å². The minimum atomic E-state index is 0.334. The van der Waals surface area contributed by atoms with Crippen LogP contribution in [0.4, 0.5) is 5.95 Å². The SMILES string of the molecule is CCNc1nc(C)cn1C(COC)C(C)C. The van der Waals surface area contributed by atoms with E-state index in [1.54, 1.807) is 7.11 Å². The normalized spacial score (nSPS) is 13.1. The number of hydrogen-bond donors (Lipinski definition) is 1. The summed E-state index contributed by atoms with van der Waals surface area (Å²) >= 11 is 0. The fourth-order valence-corrected chi connectivity index (χ4v) is 1.82. The molecule has 1 aromatic heterocycles. The van der Waals surface area contributed by atoms with E-state index in [2.05, 4.69) is 41.8 Å². The van der Waals surface area contributed by atoms with Crippen molar-refractivity contribution in [1.29, 1.82) is 0 Å². The van der Waals surface area contributed by atoms with Crippen molar-refractivity contribution in [3.63, 3.8) is 0 Å². The largest absolute Gasteiger partial charge is 0.383 e. The van der Waals surface area contributed by atoms with E-state index in [0.29, 0.717) is 18.6 Å². The standard InChI is InChI=1S/C12H23N3O/c1-6-13-12-14-10(4)7-15(12)11(8-16-5)9(2)3/h7,9,11H,6,8H2,1-5H3,(H,13,14). The van der Waals surface area contributed by atoms with Crippen molar-refractivity contribution in [2.45, 2.75) is 33.7 Å². The molecule has 1 aromatic rings. The number of anilines is 1. The van der Waals surface area contributed by atoms with Crippen LogP contribution in [0.15, 0.2) is 6.20 Å². The van der Waals surface area contributed by atoms with Gasteiger partial charge in [0.05, 0.1) is 18.3 Å². The Balaban J connectivity index is 2.97. The van der Waals surface area contributed by atoms with Gasteiger partial charge in [0.2, 0.25) is 5.95 Å². The molecule has 0 saturated carbocycles. The number of aryl methyl sites for hydroxylation is 1. The maximum absolute atomic E-state index is 5.29. The van der Waals surface area contributed by atoms with Crippen molar-refractivity contribution >= 4 is 5.95 Å². The summed E-state index contributed by atoms with van der Waals surface area (Å²) in [7, 11) is 1.74. The molecule has 0 saturated heterocycles. The zero-order valence-electron chi connectivity index (χ0n) is 10.9. The zero-order chi connectivity index (χ0) is 12.1. The first-order valence-electron chi connectivity index (χ1n) is 5.88. The van der Waals surface area contributed by atoms with Gasteiger partial charge in [0.1, 0.15) is 0 Å². The Kier molecular flexibility index (Phi) is 4.80. The van der Waals surface area contributed by atoms with E-state index in [-0.39, 0.29) is 0 Å². The second-order valence-corrected chi connectivity index (χ2v) is 4.41. The summed E-state index contributed by atoms with van der Waals surface area (Å²) in [5.41, 5.74) is 1.04. The van der Waals surface area contributed by atoms with Crippen LogP contribution in [0.2, 0.25) is 0 Å². The Bertz CT molecular complexity index is 320. The average Bonchev–Trinajstić information content (AvgIpc) is 2.56. The number of nitrogens with zero attached hydrogens (tertiary/aromatic N) is 2. The Morgan fingerprint density at radius 1 is 1.50 bits per heavy atom. The number of ether oxygens (including phenoxy) is 1. The zero-order valence-corrected chi connectivity index (χ0v) is 10.9. The number of methoxy groups -OCH3 is 1. The van der Waals surface area contributed by atoms with Gasteiger partial charge in [-0.15, -0.1) is 0 Å². The molecule has 1 heterocycles. The van der Waals surface area contributed by atoms with Crippen LogP contribution in [0.1, 0.15) is 32.5 Å². The maximum Gasteiger partial charge on any atom is 0.203 e. The molecular formula is C12H23N3O. The third-order valence-corrected chi connectivity index (χ3v) is 2.65. The number of aromatic nitrogens is 2. The fourth-order valence-electron chi connectivity index (χ4n) is 1.82. The van der Waals surface area contributed by atoms with Crippen LogP contribution < -0.4 is 5.32 Å². The molecule has 1 atom stereocenters. The fraction of sp³-hybridized carbons (Fsp3) is 0.750. The van der Waals surface area contributed by atoms with E-state index in [1.807, 2.05) is 6.92 Å². The van der Waals surface area contributed by atoms with Gasteiger partial charge >= 0.3 is 0 Å². The molecule has 0 aliphatic heterocycles. The number of hydrogen-bond acceptors (Lipinski definition) is 3. The Hall–Kier alpha value is -1.03. The number of nitrogens with one attached hydrogen (secondary N) is 1. The summed E-state index contributed by atoms with van der Waals surface area (Å²) in [5, 5.41) is 3.29. The van der Waals surface area contributed by atoms with E-state index in [9.17, 15) is 0 Å². The molecule has 0 radical (unpaired) electrons. The second kappa shape index (κ2) is 5.89. The third-order valence-electron chi connectivity index (χ3n) is 2.65. The van der Waals surface area contributed by atoms with Gasteiger partial charge in [0.25, 0.3) is 0 Å². The molecule has 0 aromatic carbocycles. The summed E-state index contributed by atoms with van der Waals surface area (Å²) < 4.78 is 7.47. The molecule has 4 heteroatoms. The molecule has 0 aliphatic carbocycles. The molecule has 0 aliphatic rings. The lowest BCUT2D eigenvalue weighted by Gasteiger charge is -2.23.